The molecular formula is C19H21F2N5O3. The van der Waals surface area contributed by atoms with Crippen molar-refractivity contribution in [3.05, 3.63) is 41.9 Å². The van der Waals surface area contributed by atoms with Crippen molar-refractivity contribution in [2.24, 2.45) is 5.92 Å². The largest absolute Gasteiger partial charge is 0.471 e. The lowest BCUT2D eigenvalue weighted by atomic mass is 10.1. The Morgan fingerprint density at radius 3 is 2.66 bits per heavy atom. The van der Waals surface area contributed by atoms with Gasteiger partial charge in [0.2, 0.25) is 17.7 Å². The van der Waals surface area contributed by atoms with Crippen molar-refractivity contribution < 1.29 is 23.1 Å². The predicted octanol–water partition coefficient (Wildman–Crippen LogP) is 2.75. The summed E-state index contributed by atoms with van der Waals surface area (Å²) in [4.78, 5) is 36.2. The average Bonchev–Trinajstić information content (AvgIpc) is 3.52. The molecular weight excluding hydrogens is 384 g/mol. The highest BCUT2D eigenvalue weighted by Gasteiger charge is 2.30. The molecule has 0 radical (unpaired) electrons. The fourth-order valence-electron chi connectivity index (χ4n) is 2.39. The average molecular weight is 405 g/mol. The summed E-state index contributed by atoms with van der Waals surface area (Å²) >= 11 is 0. The van der Waals surface area contributed by atoms with Crippen molar-refractivity contribution in [1.29, 1.82) is 0 Å². The van der Waals surface area contributed by atoms with E-state index >= 15 is 0 Å². The molecule has 1 unspecified atom stereocenters. The summed E-state index contributed by atoms with van der Waals surface area (Å²) < 4.78 is 30.6. The SMILES string of the molecule is CC(NC(=O)c1ccnc(NC(=O)C2CC2)n1)c1ccc(OCC(C)(F)F)nc1. The van der Waals surface area contributed by atoms with Crippen molar-refractivity contribution in [2.75, 3.05) is 11.9 Å². The van der Waals surface area contributed by atoms with Crippen molar-refractivity contribution >= 4 is 17.8 Å². The van der Waals surface area contributed by atoms with E-state index in [1.165, 1.54) is 24.5 Å². The van der Waals surface area contributed by atoms with Crippen LogP contribution in [0.15, 0.2) is 30.6 Å². The number of rotatable bonds is 8. The van der Waals surface area contributed by atoms with Gasteiger partial charge in [-0.15, -0.1) is 0 Å². The maximum Gasteiger partial charge on any atom is 0.278 e. The molecule has 154 valence electrons. The van der Waals surface area contributed by atoms with Gasteiger partial charge in [0.05, 0.1) is 6.04 Å². The van der Waals surface area contributed by atoms with Gasteiger partial charge in [-0.25, -0.2) is 23.7 Å². The zero-order chi connectivity index (χ0) is 21.0. The lowest BCUT2D eigenvalue weighted by Gasteiger charge is -2.15. The van der Waals surface area contributed by atoms with Crippen LogP contribution in [-0.2, 0) is 4.79 Å². The second-order valence-electron chi connectivity index (χ2n) is 7.01. The zero-order valence-corrected chi connectivity index (χ0v) is 16.0. The van der Waals surface area contributed by atoms with E-state index in [0.29, 0.717) is 5.56 Å². The summed E-state index contributed by atoms with van der Waals surface area (Å²) in [6.07, 6.45) is 4.53. The molecule has 29 heavy (non-hydrogen) atoms. The third-order valence-electron chi connectivity index (χ3n) is 4.15. The van der Waals surface area contributed by atoms with E-state index in [-0.39, 0.29) is 29.3 Å². The molecule has 0 saturated heterocycles. The van der Waals surface area contributed by atoms with Gasteiger partial charge in [-0.05, 0) is 31.4 Å². The van der Waals surface area contributed by atoms with Crippen LogP contribution >= 0.6 is 0 Å². The quantitative estimate of drug-likeness (QED) is 0.700. The molecule has 10 heteroatoms. The Morgan fingerprint density at radius 1 is 1.28 bits per heavy atom. The van der Waals surface area contributed by atoms with E-state index < -0.39 is 24.5 Å². The van der Waals surface area contributed by atoms with E-state index in [1.54, 1.807) is 13.0 Å². The summed E-state index contributed by atoms with van der Waals surface area (Å²) in [6.45, 7) is 1.74. The lowest BCUT2D eigenvalue weighted by molar-refractivity contribution is -0.117. The lowest BCUT2D eigenvalue weighted by Crippen LogP contribution is -2.28. The molecule has 0 bridgehead atoms. The first-order valence-corrected chi connectivity index (χ1v) is 9.12. The molecule has 1 saturated carbocycles. The standard InChI is InChI=1S/C19H21F2N5O3/c1-11(13-5-6-15(23-9-13)29-10-19(2,20)21)24-17(28)14-7-8-22-18(25-14)26-16(27)12-3-4-12/h5-9,11-12H,3-4,10H2,1-2H3,(H,24,28)(H,22,25,26,27). The van der Waals surface area contributed by atoms with E-state index in [4.69, 9.17) is 4.74 Å². The number of alkyl halides is 2. The summed E-state index contributed by atoms with van der Waals surface area (Å²) in [5.41, 5.74) is 0.765. The summed E-state index contributed by atoms with van der Waals surface area (Å²) in [5.74, 6) is -3.40. The Kier molecular flexibility index (Phi) is 6.00. The molecule has 2 amide bonds. The number of hydrogen-bond donors (Lipinski definition) is 2. The Labute approximate surface area is 166 Å². The monoisotopic (exact) mass is 405 g/mol. The molecule has 3 rings (SSSR count). The number of amides is 2. The number of aromatic nitrogens is 3. The first-order chi connectivity index (χ1) is 13.7. The van der Waals surface area contributed by atoms with E-state index in [9.17, 15) is 18.4 Å². The number of halogens is 2. The molecule has 1 fully saturated rings. The molecule has 1 aliphatic carbocycles. The molecule has 1 aliphatic rings. The Morgan fingerprint density at radius 2 is 2.03 bits per heavy atom. The fourth-order valence-corrected chi connectivity index (χ4v) is 2.39. The molecule has 8 nitrogen and oxygen atoms in total. The third-order valence-corrected chi connectivity index (χ3v) is 4.15. The second-order valence-corrected chi connectivity index (χ2v) is 7.01. The first kappa shape index (κ1) is 20.6. The maximum atomic E-state index is 12.8. The number of ether oxygens (including phenoxy) is 1. The van der Waals surface area contributed by atoms with E-state index in [2.05, 4.69) is 25.6 Å². The first-order valence-electron chi connectivity index (χ1n) is 9.12. The number of hydrogen-bond acceptors (Lipinski definition) is 6. The van der Waals surface area contributed by atoms with Gasteiger partial charge in [0.15, 0.2) is 6.61 Å². The minimum absolute atomic E-state index is 0.000824. The van der Waals surface area contributed by atoms with Gasteiger partial charge in [-0.3, -0.25) is 14.9 Å². The summed E-state index contributed by atoms with van der Waals surface area (Å²) in [6, 6.07) is 4.10. The molecule has 0 aromatic carbocycles. The number of nitrogens with zero attached hydrogens (tertiary/aromatic N) is 3. The van der Waals surface area contributed by atoms with Crippen LogP contribution in [0.2, 0.25) is 0 Å². The van der Waals surface area contributed by atoms with Crippen molar-refractivity contribution in [3.8, 4) is 5.88 Å². The summed E-state index contributed by atoms with van der Waals surface area (Å²) in [5, 5.41) is 5.36. The fraction of sp³-hybridized carbons (Fsp3) is 0.421. The van der Waals surface area contributed by atoms with Crippen LogP contribution in [-0.4, -0.2) is 39.3 Å². The molecule has 2 aromatic rings. The van der Waals surface area contributed by atoms with Crippen LogP contribution < -0.4 is 15.4 Å². The maximum absolute atomic E-state index is 12.8. The number of carbonyl (C=O) groups excluding carboxylic acids is 2. The Bertz CT molecular complexity index is 882. The van der Waals surface area contributed by atoms with Gasteiger partial charge in [-0.2, -0.15) is 0 Å². The van der Waals surface area contributed by atoms with E-state index in [0.717, 1.165) is 19.8 Å². The van der Waals surface area contributed by atoms with Crippen LogP contribution in [0, 0.1) is 5.92 Å². The highest BCUT2D eigenvalue weighted by atomic mass is 19.3. The highest BCUT2D eigenvalue weighted by Crippen LogP contribution is 2.29. The zero-order valence-electron chi connectivity index (χ0n) is 16.0. The molecule has 1 atom stereocenters. The van der Waals surface area contributed by atoms with Gasteiger partial charge in [0, 0.05) is 31.3 Å². The molecule has 2 aromatic heterocycles. The highest BCUT2D eigenvalue weighted by molar-refractivity contribution is 5.95. The molecule has 2 N–H and O–H groups in total. The Hall–Kier alpha value is -3.17. The van der Waals surface area contributed by atoms with Gasteiger partial charge >= 0.3 is 0 Å². The van der Waals surface area contributed by atoms with Crippen LogP contribution in [0.3, 0.4) is 0 Å². The second kappa shape index (κ2) is 8.46. The van der Waals surface area contributed by atoms with E-state index in [1.807, 2.05) is 0 Å². The van der Waals surface area contributed by atoms with Crippen molar-refractivity contribution in [2.45, 2.75) is 38.7 Å². The molecule has 0 spiro atoms. The van der Waals surface area contributed by atoms with Gasteiger partial charge in [0.1, 0.15) is 5.69 Å². The minimum Gasteiger partial charge on any atom is -0.471 e. The minimum atomic E-state index is -2.95. The van der Waals surface area contributed by atoms with Crippen molar-refractivity contribution in [3.63, 3.8) is 0 Å². The van der Waals surface area contributed by atoms with Crippen LogP contribution in [0.1, 0.15) is 48.8 Å². The number of anilines is 1. The summed E-state index contributed by atoms with van der Waals surface area (Å²) in [7, 11) is 0. The number of pyridine rings is 1. The number of carbonyl (C=O) groups is 2. The third kappa shape index (κ3) is 6.16. The smallest absolute Gasteiger partial charge is 0.278 e. The van der Waals surface area contributed by atoms with Gasteiger partial charge in [0.25, 0.3) is 11.8 Å². The van der Waals surface area contributed by atoms with Crippen LogP contribution in [0.4, 0.5) is 14.7 Å². The normalized spacial score (nSPS) is 14.8. The molecule has 2 heterocycles. The van der Waals surface area contributed by atoms with Gasteiger partial charge in [-0.1, -0.05) is 6.07 Å². The predicted molar refractivity (Wildman–Crippen MR) is 99.6 cm³/mol. The number of nitrogens with one attached hydrogen (secondary N) is 2. The molecule has 0 aliphatic heterocycles. The van der Waals surface area contributed by atoms with Gasteiger partial charge < -0.3 is 10.1 Å². The van der Waals surface area contributed by atoms with Crippen LogP contribution in [0.25, 0.3) is 0 Å². The Balaban J connectivity index is 1.57. The van der Waals surface area contributed by atoms with Crippen molar-refractivity contribution in [1.82, 2.24) is 20.3 Å². The van der Waals surface area contributed by atoms with Crippen LogP contribution in [0.5, 0.6) is 5.88 Å². The topological polar surface area (TPSA) is 106 Å².